The van der Waals surface area contributed by atoms with Gasteiger partial charge in [-0.2, -0.15) is 0 Å². The van der Waals surface area contributed by atoms with Gasteiger partial charge in [-0.3, -0.25) is 19.7 Å². The normalized spacial score (nSPS) is 10.6. The lowest BCUT2D eigenvalue weighted by molar-refractivity contribution is -0.385. The summed E-state index contributed by atoms with van der Waals surface area (Å²) in [5.74, 6) is -0.556. The summed E-state index contributed by atoms with van der Waals surface area (Å²) in [5.41, 5.74) is 1.15. The van der Waals surface area contributed by atoms with Gasteiger partial charge in [-0.25, -0.2) is 0 Å². The lowest BCUT2D eigenvalue weighted by Crippen LogP contribution is -2.25. The molecule has 0 saturated heterocycles. The zero-order valence-corrected chi connectivity index (χ0v) is 18.8. The number of hydrogen-bond acceptors (Lipinski definition) is 8. The van der Waals surface area contributed by atoms with Gasteiger partial charge in [-0.1, -0.05) is 30.0 Å². The number of aromatic nitrogens is 3. The molecule has 12 heteroatoms. The topological polar surface area (TPSA) is 152 Å². The quantitative estimate of drug-likeness (QED) is 0.187. The SMILES string of the molecule is CCn1c(CNC(=O)c2ccccc2C)nnc1SCC(=O)Nc1ccc(O)c([N+](=O)[O-])c1. The Kier molecular flexibility index (Phi) is 7.61. The minimum Gasteiger partial charge on any atom is -0.502 e. The van der Waals surface area contributed by atoms with Crippen molar-refractivity contribution in [1.29, 1.82) is 0 Å². The van der Waals surface area contributed by atoms with E-state index in [1.807, 2.05) is 26.0 Å². The van der Waals surface area contributed by atoms with E-state index in [-0.39, 0.29) is 23.9 Å². The fourth-order valence-electron chi connectivity index (χ4n) is 3.03. The number of nitro groups is 1. The molecule has 172 valence electrons. The van der Waals surface area contributed by atoms with E-state index in [9.17, 15) is 24.8 Å². The molecule has 0 bridgehead atoms. The standard InChI is InChI=1S/C21H22N6O5S/c1-3-26-18(11-22-20(30)15-7-5-4-6-13(15)2)24-25-21(26)33-12-19(29)23-14-8-9-17(28)16(10-14)27(31)32/h4-10,28H,3,11-12H2,1-2H3,(H,22,30)(H,23,29). The molecule has 0 saturated carbocycles. The van der Waals surface area contributed by atoms with E-state index in [1.54, 1.807) is 16.7 Å². The second-order valence-electron chi connectivity index (χ2n) is 6.94. The Labute approximate surface area is 193 Å². The van der Waals surface area contributed by atoms with E-state index in [2.05, 4.69) is 20.8 Å². The Morgan fingerprint density at radius 1 is 1.21 bits per heavy atom. The van der Waals surface area contributed by atoms with Crippen molar-refractivity contribution < 1.29 is 19.6 Å². The average Bonchev–Trinajstić information content (AvgIpc) is 3.19. The summed E-state index contributed by atoms with van der Waals surface area (Å²) in [6.45, 7) is 4.48. The predicted octanol–water partition coefficient (Wildman–Crippen LogP) is 2.88. The third-order valence-corrected chi connectivity index (χ3v) is 5.66. The highest BCUT2D eigenvalue weighted by molar-refractivity contribution is 7.99. The van der Waals surface area contributed by atoms with Crippen LogP contribution in [-0.2, 0) is 17.9 Å². The number of benzene rings is 2. The lowest BCUT2D eigenvalue weighted by atomic mass is 10.1. The minimum atomic E-state index is -0.733. The first-order chi connectivity index (χ1) is 15.8. The molecule has 0 aliphatic heterocycles. The van der Waals surface area contributed by atoms with E-state index < -0.39 is 22.3 Å². The van der Waals surface area contributed by atoms with Crippen LogP contribution in [0.1, 0.15) is 28.7 Å². The van der Waals surface area contributed by atoms with Crippen molar-refractivity contribution in [3.63, 3.8) is 0 Å². The number of carbonyl (C=O) groups excluding carboxylic acids is 2. The van der Waals surface area contributed by atoms with Crippen LogP contribution in [0.5, 0.6) is 5.75 Å². The van der Waals surface area contributed by atoms with Crippen LogP contribution in [0.3, 0.4) is 0 Å². The molecule has 11 nitrogen and oxygen atoms in total. The first kappa shape index (κ1) is 23.7. The van der Waals surface area contributed by atoms with Gasteiger partial charge in [0, 0.05) is 23.9 Å². The summed E-state index contributed by atoms with van der Waals surface area (Å²) in [7, 11) is 0. The number of thioether (sulfide) groups is 1. The second-order valence-corrected chi connectivity index (χ2v) is 7.88. The summed E-state index contributed by atoms with van der Waals surface area (Å²) in [4.78, 5) is 34.9. The fraction of sp³-hybridized carbons (Fsp3) is 0.238. The smallest absolute Gasteiger partial charge is 0.312 e. The monoisotopic (exact) mass is 470 g/mol. The molecule has 3 rings (SSSR count). The molecule has 2 aromatic carbocycles. The molecule has 0 aliphatic carbocycles. The Hall–Kier alpha value is -3.93. The summed E-state index contributed by atoms with van der Waals surface area (Å²) in [6, 6.07) is 10.9. The maximum atomic E-state index is 12.4. The number of phenolic OH excluding ortho intramolecular Hbond substituents is 1. The first-order valence-electron chi connectivity index (χ1n) is 9.96. The molecule has 3 aromatic rings. The highest BCUT2D eigenvalue weighted by atomic mass is 32.2. The van der Waals surface area contributed by atoms with Gasteiger partial charge in [0.05, 0.1) is 17.2 Å². The fourth-order valence-corrected chi connectivity index (χ4v) is 3.85. The first-order valence-corrected chi connectivity index (χ1v) is 10.9. The number of aryl methyl sites for hydroxylation is 1. The number of nitrogens with zero attached hydrogens (tertiary/aromatic N) is 4. The van der Waals surface area contributed by atoms with Crippen molar-refractivity contribution in [2.75, 3.05) is 11.1 Å². The minimum absolute atomic E-state index is 0.0115. The Bertz CT molecular complexity index is 1200. The lowest BCUT2D eigenvalue weighted by Gasteiger charge is -2.10. The van der Waals surface area contributed by atoms with Gasteiger partial charge in [-0.05, 0) is 37.6 Å². The molecule has 0 fully saturated rings. The molecule has 0 spiro atoms. The number of aromatic hydroxyl groups is 1. The van der Waals surface area contributed by atoms with Gasteiger partial charge in [0.2, 0.25) is 5.91 Å². The van der Waals surface area contributed by atoms with Crippen LogP contribution in [0.4, 0.5) is 11.4 Å². The zero-order chi connectivity index (χ0) is 24.0. The number of amides is 2. The van der Waals surface area contributed by atoms with Crippen LogP contribution >= 0.6 is 11.8 Å². The van der Waals surface area contributed by atoms with Gasteiger partial charge in [0.25, 0.3) is 5.91 Å². The molecular weight excluding hydrogens is 448 g/mol. The van der Waals surface area contributed by atoms with Crippen LogP contribution in [0.15, 0.2) is 47.6 Å². The van der Waals surface area contributed by atoms with Crippen LogP contribution in [0.25, 0.3) is 0 Å². The van der Waals surface area contributed by atoms with Crippen molar-refractivity contribution in [1.82, 2.24) is 20.1 Å². The third-order valence-electron chi connectivity index (χ3n) is 4.69. The predicted molar refractivity (Wildman–Crippen MR) is 122 cm³/mol. The number of rotatable bonds is 9. The van der Waals surface area contributed by atoms with Gasteiger partial charge < -0.3 is 20.3 Å². The largest absolute Gasteiger partial charge is 0.502 e. The number of hydrogen-bond donors (Lipinski definition) is 3. The molecule has 2 amide bonds. The van der Waals surface area contributed by atoms with Gasteiger partial charge in [0.1, 0.15) is 0 Å². The van der Waals surface area contributed by atoms with Gasteiger partial charge in [0.15, 0.2) is 16.7 Å². The molecule has 1 heterocycles. The molecule has 1 aromatic heterocycles. The maximum absolute atomic E-state index is 12.4. The maximum Gasteiger partial charge on any atom is 0.312 e. The van der Waals surface area contributed by atoms with E-state index in [1.165, 1.54) is 6.07 Å². The molecule has 0 unspecified atom stereocenters. The van der Waals surface area contributed by atoms with E-state index in [0.29, 0.717) is 23.1 Å². The van der Waals surface area contributed by atoms with Crippen molar-refractivity contribution in [3.8, 4) is 5.75 Å². The Morgan fingerprint density at radius 3 is 2.67 bits per heavy atom. The molecule has 0 aliphatic rings. The summed E-state index contributed by atoms with van der Waals surface area (Å²) >= 11 is 1.15. The van der Waals surface area contributed by atoms with Crippen LogP contribution in [-0.4, -0.2) is 42.4 Å². The van der Waals surface area contributed by atoms with Gasteiger partial charge in [-0.15, -0.1) is 10.2 Å². The van der Waals surface area contributed by atoms with Crippen LogP contribution in [0, 0.1) is 17.0 Å². The summed E-state index contributed by atoms with van der Waals surface area (Å²) in [5, 5.41) is 34.5. The summed E-state index contributed by atoms with van der Waals surface area (Å²) in [6.07, 6.45) is 0. The van der Waals surface area contributed by atoms with E-state index in [4.69, 9.17) is 0 Å². The van der Waals surface area contributed by atoms with Crippen LogP contribution < -0.4 is 10.6 Å². The van der Waals surface area contributed by atoms with Gasteiger partial charge >= 0.3 is 5.69 Å². The summed E-state index contributed by atoms with van der Waals surface area (Å²) < 4.78 is 1.79. The van der Waals surface area contributed by atoms with Crippen molar-refractivity contribution in [2.45, 2.75) is 32.1 Å². The Balaban J connectivity index is 1.59. The highest BCUT2D eigenvalue weighted by Crippen LogP contribution is 2.28. The Morgan fingerprint density at radius 2 is 1.97 bits per heavy atom. The second kappa shape index (κ2) is 10.6. The highest BCUT2D eigenvalue weighted by Gasteiger charge is 2.17. The number of phenols is 1. The van der Waals surface area contributed by atoms with Crippen molar-refractivity contribution in [3.05, 3.63) is 69.5 Å². The molecule has 3 N–H and O–H groups in total. The van der Waals surface area contributed by atoms with Crippen LogP contribution in [0.2, 0.25) is 0 Å². The third kappa shape index (κ3) is 5.86. The molecule has 33 heavy (non-hydrogen) atoms. The number of carbonyl (C=O) groups is 2. The van der Waals surface area contributed by atoms with Crippen molar-refractivity contribution >= 4 is 35.0 Å². The number of anilines is 1. The molecular formula is C21H22N6O5S. The number of nitrogens with one attached hydrogen (secondary N) is 2. The molecule has 0 radical (unpaired) electrons. The average molecular weight is 471 g/mol. The van der Waals surface area contributed by atoms with E-state index >= 15 is 0 Å². The van der Waals surface area contributed by atoms with Crippen molar-refractivity contribution in [2.24, 2.45) is 0 Å². The number of nitro benzene ring substituents is 1. The zero-order valence-electron chi connectivity index (χ0n) is 17.9. The molecule has 0 atom stereocenters. The van der Waals surface area contributed by atoms with E-state index in [0.717, 1.165) is 29.5 Å².